The van der Waals surface area contributed by atoms with E-state index in [1.54, 1.807) is 14.2 Å². The van der Waals surface area contributed by atoms with Gasteiger partial charge in [-0.25, -0.2) is 0 Å². The van der Waals surface area contributed by atoms with E-state index in [1.165, 1.54) is 0 Å². The van der Waals surface area contributed by atoms with Crippen molar-refractivity contribution in [3.63, 3.8) is 0 Å². The van der Waals surface area contributed by atoms with Gasteiger partial charge in [-0.3, -0.25) is 0 Å². The Kier molecular flexibility index (Phi) is 4.39. The molecule has 1 aromatic carbocycles. The average Bonchev–Trinajstić information content (AvgIpc) is 2.28. The summed E-state index contributed by atoms with van der Waals surface area (Å²) in [5, 5.41) is 8.84. The zero-order valence-corrected chi connectivity index (χ0v) is 9.06. The average molecular weight is 211 g/mol. The first-order valence-electron chi connectivity index (χ1n) is 4.81. The van der Waals surface area contributed by atoms with E-state index in [9.17, 15) is 0 Å². The van der Waals surface area contributed by atoms with Crippen LogP contribution in [0.4, 0.5) is 0 Å². The van der Waals surface area contributed by atoms with Gasteiger partial charge in [0.05, 0.1) is 14.2 Å². The lowest BCUT2D eigenvalue weighted by Crippen LogP contribution is -2.13. The Balaban J connectivity index is 3.00. The molecule has 0 aliphatic heterocycles. The number of methoxy groups -OCH3 is 2. The van der Waals surface area contributed by atoms with Gasteiger partial charge in [0.1, 0.15) is 11.5 Å². The smallest absolute Gasteiger partial charge is 0.123 e. The molecule has 0 aromatic heterocycles. The van der Waals surface area contributed by atoms with Crippen molar-refractivity contribution in [2.24, 2.45) is 5.73 Å². The van der Waals surface area contributed by atoms with Crippen molar-refractivity contribution in [2.75, 3.05) is 20.8 Å². The molecule has 0 radical (unpaired) electrons. The molecular weight excluding hydrogens is 194 g/mol. The van der Waals surface area contributed by atoms with Gasteiger partial charge in [-0.15, -0.1) is 0 Å². The fraction of sp³-hybridized carbons (Fsp3) is 0.455. The molecule has 0 saturated carbocycles. The van der Waals surface area contributed by atoms with Crippen LogP contribution in [0, 0.1) is 0 Å². The first-order chi connectivity index (χ1) is 7.22. The Bertz CT molecular complexity index is 315. The molecule has 0 aliphatic carbocycles. The Morgan fingerprint density at radius 3 is 2.60 bits per heavy atom. The predicted octanol–water partition coefficient (Wildman–Crippen LogP) is 1.09. The predicted molar refractivity (Wildman–Crippen MR) is 58.2 cm³/mol. The standard InChI is InChI=1S/C11H17NO3/c1-14-8-3-4-11(15-2)9(7-8)10(12)5-6-13/h3-4,7,10,13H,5-6,12H2,1-2H3/t10-/m1/s1. The fourth-order valence-corrected chi connectivity index (χ4v) is 1.42. The highest BCUT2D eigenvalue weighted by Gasteiger charge is 2.12. The third-order valence-corrected chi connectivity index (χ3v) is 2.28. The summed E-state index contributed by atoms with van der Waals surface area (Å²) in [7, 11) is 3.19. The summed E-state index contributed by atoms with van der Waals surface area (Å²) in [6, 6.07) is 5.22. The summed E-state index contributed by atoms with van der Waals surface area (Å²) in [4.78, 5) is 0. The van der Waals surface area contributed by atoms with Crippen LogP contribution in [0.15, 0.2) is 18.2 Å². The molecular formula is C11H17NO3. The lowest BCUT2D eigenvalue weighted by atomic mass is 10.0. The summed E-state index contributed by atoms with van der Waals surface area (Å²) in [5.74, 6) is 1.45. The van der Waals surface area contributed by atoms with Crippen LogP contribution in [0.5, 0.6) is 11.5 Å². The molecule has 0 unspecified atom stereocenters. The maximum atomic E-state index is 8.84. The van der Waals surface area contributed by atoms with E-state index < -0.39 is 0 Å². The van der Waals surface area contributed by atoms with Crippen LogP contribution in [-0.4, -0.2) is 25.9 Å². The van der Waals surface area contributed by atoms with Crippen LogP contribution >= 0.6 is 0 Å². The quantitative estimate of drug-likeness (QED) is 0.765. The van der Waals surface area contributed by atoms with Crippen molar-refractivity contribution in [3.8, 4) is 11.5 Å². The fourth-order valence-electron chi connectivity index (χ4n) is 1.42. The Hall–Kier alpha value is -1.26. The highest BCUT2D eigenvalue weighted by Crippen LogP contribution is 2.29. The van der Waals surface area contributed by atoms with E-state index in [1.807, 2.05) is 18.2 Å². The zero-order chi connectivity index (χ0) is 11.3. The van der Waals surface area contributed by atoms with E-state index in [4.69, 9.17) is 20.3 Å². The largest absolute Gasteiger partial charge is 0.497 e. The monoisotopic (exact) mass is 211 g/mol. The Morgan fingerprint density at radius 1 is 1.33 bits per heavy atom. The maximum absolute atomic E-state index is 8.84. The molecule has 84 valence electrons. The molecule has 0 heterocycles. The van der Waals surface area contributed by atoms with Crippen molar-refractivity contribution in [1.29, 1.82) is 0 Å². The number of hydrogen-bond donors (Lipinski definition) is 2. The minimum Gasteiger partial charge on any atom is -0.497 e. The van der Waals surface area contributed by atoms with Crippen molar-refractivity contribution >= 4 is 0 Å². The van der Waals surface area contributed by atoms with Crippen LogP contribution < -0.4 is 15.2 Å². The highest BCUT2D eigenvalue weighted by molar-refractivity contribution is 5.42. The first kappa shape index (κ1) is 11.8. The minimum atomic E-state index is -0.236. The van der Waals surface area contributed by atoms with Gasteiger partial charge in [0.25, 0.3) is 0 Å². The third-order valence-electron chi connectivity index (χ3n) is 2.28. The lowest BCUT2D eigenvalue weighted by Gasteiger charge is -2.15. The van der Waals surface area contributed by atoms with Gasteiger partial charge >= 0.3 is 0 Å². The van der Waals surface area contributed by atoms with Crippen molar-refractivity contribution in [1.82, 2.24) is 0 Å². The number of hydrogen-bond acceptors (Lipinski definition) is 4. The molecule has 3 N–H and O–H groups in total. The topological polar surface area (TPSA) is 64.7 Å². The van der Waals surface area contributed by atoms with Gasteiger partial charge < -0.3 is 20.3 Å². The SMILES string of the molecule is COc1ccc(OC)c([C@H](N)CCO)c1. The number of aliphatic hydroxyl groups excluding tert-OH is 1. The molecule has 0 fully saturated rings. The minimum absolute atomic E-state index is 0.0571. The second-order valence-electron chi connectivity index (χ2n) is 3.23. The molecule has 1 atom stereocenters. The number of rotatable bonds is 5. The summed E-state index contributed by atoms with van der Waals surface area (Å²) in [5.41, 5.74) is 6.76. The second-order valence-corrected chi connectivity index (χ2v) is 3.23. The Labute approximate surface area is 89.6 Å². The molecule has 15 heavy (non-hydrogen) atoms. The second kappa shape index (κ2) is 5.58. The number of benzene rings is 1. The van der Waals surface area contributed by atoms with E-state index in [2.05, 4.69) is 0 Å². The van der Waals surface area contributed by atoms with Gasteiger partial charge in [0, 0.05) is 18.2 Å². The molecule has 1 rings (SSSR count). The van der Waals surface area contributed by atoms with Crippen LogP contribution in [0.25, 0.3) is 0 Å². The molecule has 1 aromatic rings. The molecule has 4 heteroatoms. The summed E-state index contributed by atoms with van der Waals surface area (Å²) in [6.07, 6.45) is 0.503. The highest BCUT2D eigenvalue weighted by atomic mass is 16.5. The van der Waals surface area contributed by atoms with E-state index in [-0.39, 0.29) is 12.6 Å². The van der Waals surface area contributed by atoms with E-state index >= 15 is 0 Å². The molecule has 0 bridgehead atoms. The van der Waals surface area contributed by atoms with E-state index in [0.29, 0.717) is 6.42 Å². The number of nitrogens with two attached hydrogens (primary N) is 1. The van der Waals surface area contributed by atoms with E-state index in [0.717, 1.165) is 17.1 Å². The molecule has 0 aliphatic rings. The maximum Gasteiger partial charge on any atom is 0.123 e. The first-order valence-corrected chi connectivity index (χ1v) is 4.81. The van der Waals surface area contributed by atoms with Gasteiger partial charge in [0.2, 0.25) is 0 Å². The lowest BCUT2D eigenvalue weighted by molar-refractivity contribution is 0.275. The van der Waals surface area contributed by atoms with Crippen molar-refractivity contribution in [2.45, 2.75) is 12.5 Å². The molecule has 0 amide bonds. The van der Waals surface area contributed by atoms with Crippen molar-refractivity contribution in [3.05, 3.63) is 23.8 Å². The van der Waals surface area contributed by atoms with Gasteiger partial charge in [-0.05, 0) is 24.6 Å². The van der Waals surface area contributed by atoms with Crippen LogP contribution in [0.3, 0.4) is 0 Å². The van der Waals surface area contributed by atoms with Gasteiger partial charge in [-0.2, -0.15) is 0 Å². The summed E-state index contributed by atoms with van der Waals surface area (Å²) < 4.78 is 10.3. The Morgan fingerprint density at radius 2 is 2.07 bits per heavy atom. The zero-order valence-electron chi connectivity index (χ0n) is 9.06. The molecule has 0 saturated heterocycles. The molecule has 4 nitrogen and oxygen atoms in total. The molecule has 0 spiro atoms. The number of aliphatic hydroxyl groups is 1. The van der Waals surface area contributed by atoms with Gasteiger partial charge in [0.15, 0.2) is 0 Å². The third kappa shape index (κ3) is 2.84. The van der Waals surface area contributed by atoms with Crippen LogP contribution in [-0.2, 0) is 0 Å². The van der Waals surface area contributed by atoms with Crippen LogP contribution in [0.2, 0.25) is 0 Å². The number of ether oxygens (including phenoxy) is 2. The summed E-state index contributed by atoms with van der Waals surface area (Å²) >= 11 is 0. The summed E-state index contributed by atoms with van der Waals surface area (Å²) in [6.45, 7) is 0.0571. The van der Waals surface area contributed by atoms with Gasteiger partial charge in [-0.1, -0.05) is 0 Å². The van der Waals surface area contributed by atoms with Crippen molar-refractivity contribution < 1.29 is 14.6 Å². The van der Waals surface area contributed by atoms with Crippen LogP contribution in [0.1, 0.15) is 18.0 Å². The normalized spacial score (nSPS) is 12.3.